The van der Waals surface area contributed by atoms with E-state index >= 15 is 0 Å². The van der Waals surface area contributed by atoms with Gasteiger partial charge in [-0.1, -0.05) is 68.4 Å². The molecule has 0 saturated heterocycles. The number of benzene rings is 4. The third-order valence-electron chi connectivity index (χ3n) is 8.12. The lowest BCUT2D eigenvalue weighted by Crippen LogP contribution is -2.14. The molecule has 0 radical (unpaired) electrons. The molecule has 1 aliphatic rings. The van der Waals surface area contributed by atoms with E-state index in [9.17, 15) is 0 Å². The Labute approximate surface area is 215 Å². The van der Waals surface area contributed by atoms with E-state index in [2.05, 4.69) is 125 Å². The molecule has 4 heterocycles. The Hall–Kier alpha value is -4.63. The first-order valence-corrected chi connectivity index (χ1v) is 12.8. The predicted molar refractivity (Wildman–Crippen MR) is 153 cm³/mol. The number of para-hydroxylation sites is 2. The number of rotatable bonds is 2. The quantitative estimate of drug-likeness (QED) is 0.246. The maximum Gasteiger partial charge on any atom is 0.0702 e. The zero-order valence-electron chi connectivity index (χ0n) is 20.8. The molecule has 0 spiro atoms. The van der Waals surface area contributed by atoms with Gasteiger partial charge in [0.25, 0.3) is 0 Å². The molecule has 0 saturated carbocycles. The molecule has 0 atom stereocenters. The molecule has 4 aromatic carbocycles. The highest BCUT2D eigenvalue weighted by Crippen LogP contribution is 2.47. The van der Waals surface area contributed by atoms with Crippen LogP contribution < -0.4 is 0 Å². The normalized spacial score (nSPS) is 13.9. The van der Waals surface area contributed by atoms with Crippen molar-refractivity contribution in [1.82, 2.24) is 14.1 Å². The third-order valence-corrected chi connectivity index (χ3v) is 8.12. The van der Waals surface area contributed by atoms with Gasteiger partial charge in [0, 0.05) is 50.4 Å². The van der Waals surface area contributed by atoms with Crippen LogP contribution >= 0.6 is 0 Å². The monoisotopic (exact) mass is 475 g/mol. The molecule has 176 valence electrons. The molecule has 0 aliphatic carbocycles. The van der Waals surface area contributed by atoms with Crippen LogP contribution in [0.2, 0.25) is 0 Å². The highest BCUT2D eigenvalue weighted by atomic mass is 15.0. The zero-order valence-corrected chi connectivity index (χ0v) is 20.8. The standard InChI is InChI=1S/C34H25N3/c1-34(2)27-13-4-6-16-30(27)37-31-21-32-26(19-23(31)20-33(34)37)25-12-3-5-15-29(25)36(32)24-11-9-10-22(18-24)28-14-7-8-17-35-28/h3-21H,1-2H3. The Morgan fingerprint density at radius 2 is 1.46 bits per heavy atom. The molecule has 0 N–H and O–H groups in total. The first-order valence-electron chi connectivity index (χ1n) is 12.8. The van der Waals surface area contributed by atoms with Crippen LogP contribution in [0, 0.1) is 0 Å². The molecule has 37 heavy (non-hydrogen) atoms. The summed E-state index contributed by atoms with van der Waals surface area (Å²) < 4.78 is 4.87. The summed E-state index contributed by atoms with van der Waals surface area (Å²) in [5, 5.41) is 3.84. The molecule has 3 aromatic heterocycles. The van der Waals surface area contributed by atoms with Gasteiger partial charge >= 0.3 is 0 Å². The maximum absolute atomic E-state index is 4.59. The molecule has 0 unspecified atom stereocenters. The van der Waals surface area contributed by atoms with E-state index in [1.807, 2.05) is 18.3 Å². The lowest BCUT2D eigenvalue weighted by atomic mass is 9.83. The Kier molecular flexibility index (Phi) is 4.00. The summed E-state index contributed by atoms with van der Waals surface area (Å²) in [5.41, 5.74) is 10.9. The van der Waals surface area contributed by atoms with Crippen molar-refractivity contribution in [3.63, 3.8) is 0 Å². The minimum atomic E-state index is -0.0331. The van der Waals surface area contributed by atoms with Crippen LogP contribution in [0.5, 0.6) is 0 Å². The second kappa shape index (κ2) is 7.21. The van der Waals surface area contributed by atoms with Gasteiger partial charge in [0.2, 0.25) is 0 Å². The molecule has 1 aliphatic heterocycles. The van der Waals surface area contributed by atoms with Crippen molar-refractivity contribution < 1.29 is 0 Å². The molecule has 0 bridgehead atoms. The number of hydrogen-bond donors (Lipinski definition) is 0. The second-order valence-electron chi connectivity index (χ2n) is 10.6. The van der Waals surface area contributed by atoms with E-state index < -0.39 is 0 Å². The largest absolute Gasteiger partial charge is 0.312 e. The van der Waals surface area contributed by atoms with Gasteiger partial charge in [0.1, 0.15) is 0 Å². The first-order chi connectivity index (χ1) is 18.1. The molecule has 3 heteroatoms. The van der Waals surface area contributed by atoms with Gasteiger partial charge < -0.3 is 9.13 Å². The van der Waals surface area contributed by atoms with Crippen LogP contribution in [-0.2, 0) is 5.41 Å². The Morgan fingerprint density at radius 1 is 0.622 bits per heavy atom. The summed E-state index contributed by atoms with van der Waals surface area (Å²) in [6, 6.07) is 39.5. The Balaban J connectivity index is 1.46. The van der Waals surface area contributed by atoms with Crippen LogP contribution in [-0.4, -0.2) is 14.1 Å². The van der Waals surface area contributed by atoms with Gasteiger partial charge in [-0.25, -0.2) is 0 Å². The SMILES string of the molecule is CC1(C)c2ccccc2-n2c1cc1cc3c4ccccc4n(-c4cccc(-c5ccccn5)c4)c3cc12. The van der Waals surface area contributed by atoms with Gasteiger partial charge in [-0.2, -0.15) is 0 Å². The van der Waals surface area contributed by atoms with Crippen LogP contribution in [0.3, 0.4) is 0 Å². The molecule has 7 aromatic rings. The van der Waals surface area contributed by atoms with E-state index in [0.717, 1.165) is 16.9 Å². The van der Waals surface area contributed by atoms with E-state index in [1.165, 1.54) is 49.7 Å². The second-order valence-corrected chi connectivity index (χ2v) is 10.6. The average molecular weight is 476 g/mol. The summed E-state index contributed by atoms with van der Waals surface area (Å²) in [6.45, 7) is 4.67. The van der Waals surface area contributed by atoms with Crippen molar-refractivity contribution in [2.45, 2.75) is 19.3 Å². The van der Waals surface area contributed by atoms with E-state index in [4.69, 9.17) is 0 Å². The van der Waals surface area contributed by atoms with Crippen molar-refractivity contribution in [2.24, 2.45) is 0 Å². The van der Waals surface area contributed by atoms with Crippen molar-refractivity contribution >= 4 is 32.7 Å². The summed E-state index contributed by atoms with van der Waals surface area (Å²) >= 11 is 0. The van der Waals surface area contributed by atoms with Gasteiger partial charge in [-0.05, 0) is 60.2 Å². The van der Waals surface area contributed by atoms with Gasteiger partial charge in [0.15, 0.2) is 0 Å². The fourth-order valence-electron chi connectivity index (χ4n) is 6.34. The molecule has 0 fully saturated rings. The highest BCUT2D eigenvalue weighted by molar-refractivity contribution is 6.13. The zero-order chi connectivity index (χ0) is 24.7. The number of pyridine rings is 1. The number of nitrogens with zero attached hydrogens (tertiary/aromatic N) is 3. The predicted octanol–water partition coefficient (Wildman–Crippen LogP) is 8.43. The van der Waals surface area contributed by atoms with Crippen LogP contribution in [0.4, 0.5) is 0 Å². The van der Waals surface area contributed by atoms with Crippen molar-refractivity contribution in [2.75, 3.05) is 0 Å². The molecular weight excluding hydrogens is 450 g/mol. The fraction of sp³-hybridized carbons (Fsp3) is 0.0882. The summed E-state index contributed by atoms with van der Waals surface area (Å²) in [5.74, 6) is 0. The first kappa shape index (κ1) is 20.6. The number of hydrogen-bond acceptors (Lipinski definition) is 1. The third kappa shape index (κ3) is 2.74. The van der Waals surface area contributed by atoms with E-state index in [1.54, 1.807) is 0 Å². The van der Waals surface area contributed by atoms with Crippen molar-refractivity contribution in [3.05, 3.63) is 127 Å². The summed E-state index contributed by atoms with van der Waals surface area (Å²) in [4.78, 5) is 4.59. The molecular formula is C34H25N3. The van der Waals surface area contributed by atoms with Crippen LogP contribution in [0.15, 0.2) is 115 Å². The molecule has 0 amide bonds. The number of aromatic nitrogens is 3. The lowest BCUT2D eigenvalue weighted by Gasteiger charge is -2.18. The maximum atomic E-state index is 4.59. The van der Waals surface area contributed by atoms with Crippen LogP contribution in [0.25, 0.3) is 55.3 Å². The van der Waals surface area contributed by atoms with Crippen molar-refractivity contribution in [1.29, 1.82) is 0 Å². The smallest absolute Gasteiger partial charge is 0.0702 e. The number of fused-ring (bicyclic) bond motifs is 8. The fourth-order valence-corrected chi connectivity index (χ4v) is 6.34. The molecule has 8 rings (SSSR count). The van der Waals surface area contributed by atoms with Gasteiger partial charge in [0.05, 0.1) is 22.2 Å². The molecule has 3 nitrogen and oxygen atoms in total. The lowest BCUT2D eigenvalue weighted by molar-refractivity contribution is 0.645. The summed E-state index contributed by atoms with van der Waals surface area (Å²) in [7, 11) is 0. The van der Waals surface area contributed by atoms with Gasteiger partial charge in [-0.15, -0.1) is 0 Å². The highest BCUT2D eigenvalue weighted by Gasteiger charge is 2.37. The van der Waals surface area contributed by atoms with Gasteiger partial charge in [-0.3, -0.25) is 4.98 Å². The summed E-state index contributed by atoms with van der Waals surface area (Å²) in [6.07, 6.45) is 1.85. The van der Waals surface area contributed by atoms with E-state index in [0.29, 0.717) is 0 Å². The van der Waals surface area contributed by atoms with E-state index in [-0.39, 0.29) is 5.41 Å². The van der Waals surface area contributed by atoms with Crippen LogP contribution in [0.1, 0.15) is 25.1 Å². The minimum absolute atomic E-state index is 0.0331. The average Bonchev–Trinajstić information content (AvgIpc) is 3.55. The van der Waals surface area contributed by atoms with Crippen molar-refractivity contribution in [3.8, 4) is 22.6 Å². The Morgan fingerprint density at radius 3 is 2.35 bits per heavy atom. The Bertz CT molecular complexity index is 2000. The topological polar surface area (TPSA) is 22.8 Å². The minimum Gasteiger partial charge on any atom is -0.312 e.